The lowest BCUT2D eigenvalue weighted by molar-refractivity contribution is -0.139. The number of amides is 2. The first-order valence-electron chi connectivity index (χ1n) is 9.52. The number of halogens is 1. The molecule has 0 saturated carbocycles. The molecule has 2 N–H and O–H groups in total. The van der Waals surface area contributed by atoms with Crippen molar-refractivity contribution in [2.45, 2.75) is 12.5 Å². The smallest absolute Gasteiger partial charge is 0.309 e. The summed E-state index contributed by atoms with van der Waals surface area (Å²) in [5, 5.41) is 5.30. The lowest BCUT2D eigenvalue weighted by atomic mass is 10.1. The maximum Gasteiger partial charge on any atom is 0.309 e. The largest absolute Gasteiger partial charge is 0.378 e. The van der Waals surface area contributed by atoms with Crippen LogP contribution in [0, 0.1) is 5.82 Å². The summed E-state index contributed by atoms with van der Waals surface area (Å²) in [7, 11) is 7.82. The third-order valence-corrected chi connectivity index (χ3v) is 4.69. The zero-order chi connectivity index (χ0) is 21.4. The fraction of sp³-hybridized carbons (Fsp3) is 0.364. The Kier molecular flexibility index (Phi) is 8.15. The number of nitrogens with one attached hydrogen (secondary N) is 2. The topological polar surface area (TPSA) is 64.7 Å². The van der Waals surface area contributed by atoms with Gasteiger partial charge in [-0.25, -0.2) is 4.39 Å². The molecule has 0 aliphatic carbocycles. The second kappa shape index (κ2) is 10.6. The molecule has 2 rings (SSSR count). The molecule has 0 heterocycles. The summed E-state index contributed by atoms with van der Waals surface area (Å²) in [6.07, 6.45) is 0.526. The van der Waals surface area contributed by atoms with E-state index in [4.69, 9.17) is 0 Å². The van der Waals surface area contributed by atoms with Crippen molar-refractivity contribution in [1.82, 2.24) is 15.5 Å². The quantitative estimate of drug-likeness (QED) is 0.665. The molecule has 0 fully saturated rings. The maximum atomic E-state index is 12.9. The van der Waals surface area contributed by atoms with Crippen molar-refractivity contribution in [2.24, 2.45) is 0 Å². The van der Waals surface area contributed by atoms with Crippen molar-refractivity contribution in [2.75, 3.05) is 46.2 Å². The van der Waals surface area contributed by atoms with E-state index in [1.807, 2.05) is 62.3 Å². The first-order chi connectivity index (χ1) is 13.8. The number of anilines is 1. The maximum absolute atomic E-state index is 12.9. The van der Waals surface area contributed by atoms with Gasteiger partial charge in [-0.3, -0.25) is 9.59 Å². The van der Waals surface area contributed by atoms with Gasteiger partial charge in [0, 0.05) is 32.9 Å². The fourth-order valence-electron chi connectivity index (χ4n) is 2.91. The van der Waals surface area contributed by atoms with E-state index in [1.54, 1.807) is 12.1 Å². The molecule has 0 aliphatic rings. The van der Waals surface area contributed by atoms with Gasteiger partial charge in [-0.1, -0.05) is 24.3 Å². The van der Waals surface area contributed by atoms with E-state index in [2.05, 4.69) is 10.6 Å². The van der Waals surface area contributed by atoms with Gasteiger partial charge in [-0.15, -0.1) is 0 Å². The third kappa shape index (κ3) is 6.87. The Morgan fingerprint density at radius 2 is 1.48 bits per heavy atom. The van der Waals surface area contributed by atoms with Gasteiger partial charge in [-0.2, -0.15) is 0 Å². The second-order valence-electron chi connectivity index (χ2n) is 7.31. The Morgan fingerprint density at radius 3 is 2.03 bits per heavy atom. The highest BCUT2D eigenvalue weighted by Gasteiger charge is 2.18. The van der Waals surface area contributed by atoms with E-state index in [-0.39, 0.29) is 11.9 Å². The predicted molar refractivity (Wildman–Crippen MR) is 113 cm³/mol. The highest BCUT2D eigenvalue weighted by molar-refractivity contribution is 6.35. The number of rotatable bonds is 8. The molecule has 2 aromatic rings. The molecule has 29 heavy (non-hydrogen) atoms. The zero-order valence-corrected chi connectivity index (χ0v) is 17.4. The van der Waals surface area contributed by atoms with Crippen LogP contribution in [0.4, 0.5) is 10.1 Å². The van der Waals surface area contributed by atoms with Gasteiger partial charge in [0.1, 0.15) is 5.82 Å². The van der Waals surface area contributed by atoms with Crippen molar-refractivity contribution in [3.05, 3.63) is 65.5 Å². The molecule has 1 atom stereocenters. The summed E-state index contributed by atoms with van der Waals surface area (Å²) in [6, 6.07) is 14.1. The van der Waals surface area contributed by atoms with Crippen LogP contribution in [-0.2, 0) is 16.0 Å². The van der Waals surface area contributed by atoms with Gasteiger partial charge in [0.15, 0.2) is 0 Å². The second-order valence-corrected chi connectivity index (χ2v) is 7.31. The summed E-state index contributed by atoms with van der Waals surface area (Å²) in [4.78, 5) is 28.2. The van der Waals surface area contributed by atoms with Crippen LogP contribution < -0.4 is 15.5 Å². The van der Waals surface area contributed by atoms with Crippen LogP contribution in [0.15, 0.2) is 48.5 Å². The average Bonchev–Trinajstić information content (AvgIpc) is 2.69. The lowest BCUT2D eigenvalue weighted by Gasteiger charge is -2.25. The van der Waals surface area contributed by atoms with E-state index in [0.717, 1.165) is 16.8 Å². The van der Waals surface area contributed by atoms with E-state index in [0.29, 0.717) is 19.5 Å². The summed E-state index contributed by atoms with van der Waals surface area (Å²) >= 11 is 0. The Labute approximate surface area is 171 Å². The number of hydrogen-bond donors (Lipinski definition) is 2. The first kappa shape index (κ1) is 22.4. The summed E-state index contributed by atoms with van der Waals surface area (Å²) < 4.78 is 12.9. The molecule has 156 valence electrons. The van der Waals surface area contributed by atoms with Crippen LogP contribution in [0.2, 0.25) is 0 Å². The lowest BCUT2D eigenvalue weighted by Crippen LogP contribution is -2.43. The van der Waals surface area contributed by atoms with Gasteiger partial charge in [0.05, 0.1) is 6.04 Å². The van der Waals surface area contributed by atoms with Gasteiger partial charge in [-0.05, 0) is 55.9 Å². The van der Waals surface area contributed by atoms with Gasteiger partial charge in [0.2, 0.25) is 0 Å². The molecule has 0 bridgehead atoms. The molecule has 0 spiro atoms. The highest BCUT2D eigenvalue weighted by Crippen LogP contribution is 2.20. The number of hydrogen-bond acceptors (Lipinski definition) is 4. The van der Waals surface area contributed by atoms with E-state index >= 15 is 0 Å². The Bertz CT molecular complexity index is 805. The fourth-order valence-corrected chi connectivity index (χ4v) is 2.91. The molecule has 1 unspecified atom stereocenters. The van der Waals surface area contributed by atoms with Crippen molar-refractivity contribution in [1.29, 1.82) is 0 Å². The highest BCUT2D eigenvalue weighted by atomic mass is 19.1. The van der Waals surface area contributed by atoms with E-state index in [1.165, 1.54) is 12.1 Å². The third-order valence-electron chi connectivity index (χ3n) is 4.69. The van der Waals surface area contributed by atoms with Crippen molar-refractivity contribution in [3.63, 3.8) is 0 Å². The zero-order valence-electron chi connectivity index (χ0n) is 17.4. The van der Waals surface area contributed by atoms with Crippen molar-refractivity contribution >= 4 is 17.5 Å². The molecule has 0 aromatic heterocycles. The predicted octanol–water partition coefficient (Wildman–Crippen LogP) is 1.97. The van der Waals surface area contributed by atoms with Gasteiger partial charge in [0.25, 0.3) is 0 Å². The van der Waals surface area contributed by atoms with E-state index in [9.17, 15) is 14.0 Å². The monoisotopic (exact) mass is 400 g/mol. The molecule has 0 aliphatic heterocycles. The SMILES string of the molecule is CN(C)c1ccc(C(CNC(=O)C(=O)NCCc2ccc(F)cc2)N(C)C)cc1. The number of nitrogens with zero attached hydrogens (tertiary/aromatic N) is 2. The number of likely N-dealkylation sites (N-methyl/N-ethyl adjacent to an activating group) is 1. The Morgan fingerprint density at radius 1 is 0.897 bits per heavy atom. The standard InChI is InChI=1S/C22H29FN4O2/c1-26(2)19-11-7-17(8-12-19)20(27(3)4)15-25-22(29)21(28)24-14-13-16-5-9-18(23)10-6-16/h5-12,20H,13-15H2,1-4H3,(H,24,28)(H,25,29). The summed E-state index contributed by atoms with van der Waals surface area (Å²) in [5.74, 6) is -1.64. The van der Waals surface area contributed by atoms with Crippen LogP contribution in [-0.4, -0.2) is 58.0 Å². The van der Waals surface area contributed by atoms with Crippen LogP contribution in [0.3, 0.4) is 0 Å². The van der Waals surface area contributed by atoms with E-state index < -0.39 is 11.8 Å². The molecule has 6 nitrogen and oxygen atoms in total. The number of benzene rings is 2. The summed E-state index contributed by atoms with van der Waals surface area (Å²) in [6.45, 7) is 0.625. The Balaban J connectivity index is 1.84. The number of carbonyl (C=O) groups is 2. The minimum Gasteiger partial charge on any atom is -0.378 e. The minimum atomic E-state index is -0.674. The molecular formula is C22H29FN4O2. The van der Waals surface area contributed by atoms with Crippen molar-refractivity contribution < 1.29 is 14.0 Å². The molecule has 7 heteroatoms. The van der Waals surface area contributed by atoms with Crippen molar-refractivity contribution in [3.8, 4) is 0 Å². The van der Waals surface area contributed by atoms with Gasteiger partial charge >= 0.3 is 11.8 Å². The molecular weight excluding hydrogens is 371 g/mol. The van der Waals surface area contributed by atoms with Gasteiger partial charge < -0.3 is 20.4 Å². The molecule has 0 saturated heterocycles. The first-order valence-corrected chi connectivity index (χ1v) is 9.52. The van der Waals surface area contributed by atoms with Crippen LogP contribution >= 0.6 is 0 Å². The van der Waals surface area contributed by atoms with Crippen LogP contribution in [0.5, 0.6) is 0 Å². The average molecular weight is 400 g/mol. The van der Waals surface area contributed by atoms with Crippen LogP contribution in [0.1, 0.15) is 17.2 Å². The normalized spacial score (nSPS) is 11.8. The molecule has 0 radical (unpaired) electrons. The van der Waals surface area contributed by atoms with Crippen LogP contribution in [0.25, 0.3) is 0 Å². The minimum absolute atomic E-state index is 0.0535. The molecule has 2 amide bonds. The Hall–Kier alpha value is -2.93. The number of carbonyl (C=O) groups excluding carboxylic acids is 2. The molecule has 2 aromatic carbocycles. The summed E-state index contributed by atoms with van der Waals surface area (Å²) in [5.41, 5.74) is 3.04.